The highest BCUT2D eigenvalue weighted by molar-refractivity contribution is 7.05. The van der Waals surface area contributed by atoms with Gasteiger partial charge in [0, 0.05) is 34.0 Å². The molecule has 0 unspecified atom stereocenters. The zero-order valence-corrected chi connectivity index (χ0v) is 23.9. The van der Waals surface area contributed by atoms with E-state index in [2.05, 4.69) is 146 Å². The SMILES string of the molecule is CC(C)c1cc2c3c(c1)N(c1ccccc1)c1ccccc1B3N1c3ccccc3[Si](C)(C)c3cccc-2c31. The number of anilines is 5. The van der Waals surface area contributed by atoms with Crippen molar-refractivity contribution in [3.8, 4) is 11.1 Å². The van der Waals surface area contributed by atoms with Crippen LogP contribution in [-0.4, -0.2) is 14.9 Å². The Morgan fingerprint density at radius 1 is 0.641 bits per heavy atom. The quantitative estimate of drug-likeness (QED) is 0.241. The Bertz CT molecular complexity index is 1790. The average molecular weight is 519 g/mol. The van der Waals surface area contributed by atoms with Gasteiger partial charge in [0.05, 0.1) is 0 Å². The Kier molecular flexibility index (Phi) is 4.70. The summed E-state index contributed by atoms with van der Waals surface area (Å²) in [5.41, 5.74) is 13.5. The maximum absolute atomic E-state index is 2.69. The molecule has 39 heavy (non-hydrogen) atoms. The minimum Gasteiger partial charge on any atom is -0.377 e. The van der Waals surface area contributed by atoms with E-state index >= 15 is 0 Å². The number of hydrogen-bond acceptors (Lipinski definition) is 2. The standard InChI is InChI=1S/C35H31BN2Si/c1-23(2)24-21-27-26-15-12-20-33-35(26)38(30-18-10-11-19-32(30)39(33,3)4)36-28-16-8-9-17-29(28)37(31(22-24)34(27)36)25-13-6-5-7-14-25/h5-23H,1-4H3. The zero-order chi connectivity index (χ0) is 26.5. The third kappa shape index (κ3) is 2.98. The maximum atomic E-state index is 2.69. The summed E-state index contributed by atoms with van der Waals surface area (Å²) in [6.45, 7) is 9.80. The number of nitrogens with zero attached hydrogens (tertiary/aromatic N) is 2. The smallest absolute Gasteiger partial charge is 0.333 e. The van der Waals surface area contributed by atoms with Gasteiger partial charge < -0.3 is 9.71 Å². The summed E-state index contributed by atoms with van der Waals surface area (Å²) < 4.78 is 0. The molecule has 0 radical (unpaired) electrons. The number of hydrogen-bond donors (Lipinski definition) is 0. The number of fused-ring (bicyclic) bond motifs is 6. The van der Waals surface area contributed by atoms with E-state index in [1.807, 2.05) is 0 Å². The second-order valence-electron chi connectivity index (χ2n) is 12.0. The van der Waals surface area contributed by atoms with Crippen LogP contribution in [0, 0.1) is 0 Å². The van der Waals surface area contributed by atoms with Crippen molar-refractivity contribution in [2.45, 2.75) is 32.9 Å². The summed E-state index contributed by atoms with van der Waals surface area (Å²) in [4.78, 5) is 5.19. The topological polar surface area (TPSA) is 6.48 Å². The van der Waals surface area contributed by atoms with E-state index < -0.39 is 8.07 Å². The summed E-state index contributed by atoms with van der Waals surface area (Å²) in [5, 5.41) is 3.07. The van der Waals surface area contributed by atoms with Crippen LogP contribution in [0.3, 0.4) is 0 Å². The number of rotatable bonds is 2. The molecular formula is C35H31BN2Si. The first kappa shape index (κ1) is 22.9. The van der Waals surface area contributed by atoms with Crippen molar-refractivity contribution in [3.63, 3.8) is 0 Å². The lowest BCUT2D eigenvalue weighted by atomic mass is 9.43. The second kappa shape index (κ2) is 8.00. The van der Waals surface area contributed by atoms with Gasteiger partial charge in [-0.25, -0.2) is 0 Å². The lowest BCUT2D eigenvalue weighted by Gasteiger charge is -2.51. The van der Waals surface area contributed by atoms with Crippen LogP contribution in [0.5, 0.6) is 0 Å². The first-order chi connectivity index (χ1) is 19.0. The molecular weight excluding hydrogens is 487 g/mol. The van der Waals surface area contributed by atoms with Gasteiger partial charge in [-0.1, -0.05) is 106 Å². The maximum Gasteiger partial charge on any atom is 0.333 e. The zero-order valence-electron chi connectivity index (χ0n) is 22.9. The van der Waals surface area contributed by atoms with Gasteiger partial charge in [0.1, 0.15) is 8.07 Å². The monoisotopic (exact) mass is 518 g/mol. The van der Waals surface area contributed by atoms with E-state index in [-0.39, 0.29) is 6.85 Å². The van der Waals surface area contributed by atoms with Gasteiger partial charge in [-0.15, -0.1) is 0 Å². The van der Waals surface area contributed by atoms with Crippen LogP contribution in [0.2, 0.25) is 13.1 Å². The summed E-state index contributed by atoms with van der Waals surface area (Å²) in [6, 6.07) is 41.2. The average Bonchev–Trinajstić information content (AvgIpc) is 2.96. The summed E-state index contributed by atoms with van der Waals surface area (Å²) >= 11 is 0. The van der Waals surface area contributed by atoms with Gasteiger partial charge >= 0.3 is 6.85 Å². The van der Waals surface area contributed by atoms with Crippen molar-refractivity contribution in [1.82, 2.24) is 0 Å². The van der Waals surface area contributed by atoms with E-state index in [0.29, 0.717) is 5.92 Å². The molecule has 0 fully saturated rings. The normalized spacial score (nSPS) is 15.5. The predicted octanol–water partition coefficient (Wildman–Crippen LogP) is 6.65. The number of benzene rings is 5. The molecule has 5 aromatic carbocycles. The second-order valence-corrected chi connectivity index (χ2v) is 16.3. The number of para-hydroxylation sites is 4. The predicted molar refractivity (Wildman–Crippen MR) is 171 cm³/mol. The molecule has 0 saturated heterocycles. The molecule has 188 valence electrons. The summed E-state index contributed by atoms with van der Waals surface area (Å²) in [5.74, 6) is 0.434. The van der Waals surface area contributed by atoms with Gasteiger partial charge in [0.25, 0.3) is 0 Å². The molecule has 3 heterocycles. The van der Waals surface area contributed by atoms with Crippen molar-refractivity contribution in [2.75, 3.05) is 9.71 Å². The highest BCUT2D eigenvalue weighted by Crippen LogP contribution is 2.48. The van der Waals surface area contributed by atoms with Crippen molar-refractivity contribution in [3.05, 3.63) is 115 Å². The highest BCUT2D eigenvalue weighted by Gasteiger charge is 2.50. The van der Waals surface area contributed by atoms with E-state index in [0.717, 1.165) is 0 Å². The molecule has 0 spiro atoms. The third-order valence-corrected chi connectivity index (χ3v) is 12.7. The molecule has 0 aromatic heterocycles. The fraction of sp³-hybridized carbons (Fsp3) is 0.143. The van der Waals surface area contributed by atoms with Crippen LogP contribution >= 0.6 is 0 Å². The fourth-order valence-corrected chi connectivity index (χ4v) is 10.3. The molecule has 0 amide bonds. The fourth-order valence-electron chi connectivity index (χ4n) is 7.29. The first-order valence-corrected chi connectivity index (χ1v) is 17.1. The molecule has 8 rings (SSSR count). The Balaban J connectivity index is 1.55. The Morgan fingerprint density at radius 2 is 1.33 bits per heavy atom. The van der Waals surface area contributed by atoms with Gasteiger partial charge in [-0.05, 0) is 68.7 Å². The molecule has 0 N–H and O–H groups in total. The van der Waals surface area contributed by atoms with Gasteiger partial charge in [0.15, 0.2) is 0 Å². The van der Waals surface area contributed by atoms with Gasteiger partial charge in [-0.3, -0.25) is 0 Å². The third-order valence-electron chi connectivity index (χ3n) is 9.18. The largest absolute Gasteiger partial charge is 0.377 e. The molecule has 3 aliphatic rings. The van der Waals surface area contributed by atoms with E-state index in [4.69, 9.17) is 0 Å². The van der Waals surface area contributed by atoms with Crippen LogP contribution < -0.4 is 31.0 Å². The lowest BCUT2D eigenvalue weighted by Crippen LogP contribution is -2.68. The molecule has 3 aliphatic heterocycles. The van der Waals surface area contributed by atoms with Crippen molar-refractivity contribution in [1.29, 1.82) is 0 Å². The molecule has 4 heteroatoms. The van der Waals surface area contributed by atoms with Crippen molar-refractivity contribution in [2.24, 2.45) is 0 Å². The minimum absolute atomic E-state index is 0.118. The molecule has 0 aliphatic carbocycles. The molecule has 0 atom stereocenters. The van der Waals surface area contributed by atoms with Crippen LogP contribution in [0.1, 0.15) is 25.3 Å². The van der Waals surface area contributed by atoms with Crippen LogP contribution in [0.4, 0.5) is 28.4 Å². The van der Waals surface area contributed by atoms with E-state index in [1.165, 1.54) is 61.2 Å². The first-order valence-electron chi connectivity index (χ1n) is 14.1. The van der Waals surface area contributed by atoms with Crippen molar-refractivity contribution < 1.29 is 0 Å². The Morgan fingerprint density at radius 3 is 2.13 bits per heavy atom. The summed E-state index contributed by atoms with van der Waals surface area (Å²) in [7, 11) is -1.89. The lowest BCUT2D eigenvalue weighted by molar-refractivity contribution is 0.867. The molecule has 0 bridgehead atoms. The van der Waals surface area contributed by atoms with E-state index in [1.54, 1.807) is 5.19 Å². The van der Waals surface area contributed by atoms with Crippen LogP contribution in [0.15, 0.2) is 109 Å². The van der Waals surface area contributed by atoms with Gasteiger partial charge in [0.2, 0.25) is 0 Å². The Hall–Kier alpha value is -4.02. The Labute approximate surface area is 232 Å². The van der Waals surface area contributed by atoms with Crippen LogP contribution in [-0.2, 0) is 0 Å². The molecule has 2 nitrogen and oxygen atoms in total. The summed E-state index contributed by atoms with van der Waals surface area (Å²) in [6.07, 6.45) is 0. The highest BCUT2D eigenvalue weighted by atomic mass is 28.3. The van der Waals surface area contributed by atoms with Crippen molar-refractivity contribution >= 4 is 64.7 Å². The van der Waals surface area contributed by atoms with Gasteiger partial charge in [-0.2, -0.15) is 0 Å². The molecule has 5 aromatic rings. The van der Waals surface area contributed by atoms with Crippen LogP contribution in [0.25, 0.3) is 11.1 Å². The van der Waals surface area contributed by atoms with E-state index in [9.17, 15) is 0 Å². The molecule has 0 saturated carbocycles. The minimum atomic E-state index is -1.89.